The lowest BCUT2D eigenvalue weighted by Crippen LogP contribution is -2.65. The summed E-state index contributed by atoms with van der Waals surface area (Å²) in [5.74, 6) is -6.24. The summed E-state index contributed by atoms with van der Waals surface area (Å²) in [6.45, 7) is 6.64. The van der Waals surface area contributed by atoms with E-state index in [1.54, 1.807) is 27.3 Å². The van der Waals surface area contributed by atoms with E-state index in [1.807, 2.05) is 18.2 Å². The Hall–Kier alpha value is -4.19. The smallest absolute Gasteiger partial charge is 0.255 e. The first kappa shape index (κ1) is 31.2. The molecule has 2 aromatic rings. The van der Waals surface area contributed by atoms with E-state index in [4.69, 9.17) is 10.5 Å². The van der Waals surface area contributed by atoms with Crippen LogP contribution >= 0.6 is 0 Å². The molecule has 0 aromatic heterocycles. The highest BCUT2D eigenvalue weighted by atomic mass is 16.5. The number of fused-ring (bicyclic) bond motifs is 3. The average molecular weight is 606 g/mol. The molecule has 5 rings (SSSR count). The van der Waals surface area contributed by atoms with Gasteiger partial charge in [0, 0.05) is 23.6 Å². The molecule has 0 spiro atoms. The zero-order valence-electron chi connectivity index (χ0n) is 25.5. The summed E-state index contributed by atoms with van der Waals surface area (Å²) in [6, 6.07) is 7.91. The van der Waals surface area contributed by atoms with Crippen LogP contribution in [0.1, 0.15) is 37.0 Å². The summed E-state index contributed by atoms with van der Waals surface area (Å²) in [5, 5.41) is 45.5. The van der Waals surface area contributed by atoms with E-state index in [2.05, 4.69) is 18.7 Å². The number of nitrogens with two attached hydrogens (primary N) is 1. The van der Waals surface area contributed by atoms with Crippen LogP contribution in [0.2, 0.25) is 0 Å². The largest absolute Gasteiger partial charge is 0.508 e. The molecule has 6 N–H and O–H groups in total. The summed E-state index contributed by atoms with van der Waals surface area (Å²) in [7, 11) is 4.70. The van der Waals surface area contributed by atoms with Crippen LogP contribution in [0.15, 0.2) is 47.2 Å². The van der Waals surface area contributed by atoms with Crippen LogP contribution < -0.4 is 10.5 Å². The highest BCUT2D eigenvalue weighted by Gasteiger charge is 2.64. The predicted molar refractivity (Wildman–Crippen MR) is 163 cm³/mol. The summed E-state index contributed by atoms with van der Waals surface area (Å²) in [4.78, 5) is 43.4. The fourth-order valence-corrected chi connectivity index (χ4v) is 7.27. The van der Waals surface area contributed by atoms with E-state index in [0.29, 0.717) is 23.4 Å². The summed E-state index contributed by atoms with van der Waals surface area (Å²) in [6.07, 6.45) is 0.196. The number of hydrogen-bond donors (Lipinski definition) is 5. The topological polar surface area (TPSA) is 174 Å². The number of aliphatic hydroxyl groups excluding tert-OH is 2. The van der Waals surface area contributed by atoms with Crippen LogP contribution in [-0.4, -0.2) is 93.6 Å². The van der Waals surface area contributed by atoms with Crippen molar-refractivity contribution < 1.29 is 39.5 Å². The molecule has 2 aromatic carbocycles. The quantitative estimate of drug-likeness (QED) is 0.281. The Morgan fingerprint density at radius 2 is 1.75 bits per heavy atom. The summed E-state index contributed by atoms with van der Waals surface area (Å²) >= 11 is 0. The Balaban J connectivity index is 1.70. The SMILES string of the molecule is CCN(CC)Cc1ccc(OC)c(-c2ccc(O)c3c2C[C@@H]2C[C@@H]4C(N(C)C)C(=O)C(C(N)=O)=C(O)[C@]4(O)C(=O)C2=C3O)c1. The molecule has 1 unspecified atom stereocenters. The third kappa shape index (κ3) is 4.58. The molecule has 4 atom stereocenters. The number of Topliss-reactive ketones (excluding diaryl/α,β-unsaturated/α-hetero) is 2. The number of phenolic OH excluding ortho intramolecular Hbond substituents is 1. The number of ether oxygens (including phenoxy) is 1. The van der Waals surface area contributed by atoms with Crippen LogP contribution in [-0.2, 0) is 27.3 Å². The highest BCUT2D eigenvalue weighted by molar-refractivity contribution is 6.24. The van der Waals surface area contributed by atoms with Gasteiger partial charge >= 0.3 is 0 Å². The zero-order chi connectivity index (χ0) is 32.2. The number of carbonyl (C=O) groups excluding carboxylic acids is 3. The number of primary amides is 1. The van der Waals surface area contributed by atoms with Gasteiger partial charge in [0.2, 0.25) is 5.78 Å². The number of carbonyl (C=O) groups is 3. The Morgan fingerprint density at radius 3 is 2.34 bits per heavy atom. The molecular formula is C33H39N3O8. The lowest BCUT2D eigenvalue weighted by atomic mass is 9.57. The van der Waals surface area contributed by atoms with Crippen molar-refractivity contribution in [3.63, 3.8) is 0 Å². The molecule has 44 heavy (non-hydrogen) atoms. The number of rotatable bonds is 8. The molecule has 0 bridgehead atoms. The minimum Gasteiger partial charge on any atom is -0.508 e. The maximum Gasteiger partial charge on any atom is 0.255 e. The van der Waals surface area contributed by atoms with E-state index in [-0.39, 0.29) is 29.7 Å². The molecule has 11 heteroatoms. The maximum absolute atomic E-state index is 14.1. The van der Waals surface area contributed by atoms with E-state index in [1.165, 1.54) is 11.0 Å². The van der Waals surface area contributed by atoms with Crippen LogP contribution in [0.5, 0.6) is 11.5 Å². The van der Waals surface area contributed by atoms with Gasteiger partial charge < -0.3 is 30.9 Å². The first-order valence-electron chi connectivity index (χ1n) is 14.7. The van der Waals surface area contributed by atoms with Crippen LogP contribution in [0.3, 0.4) is 0 Å². The molecule has 1 amide bonds. The monoisotopic (exact) mass is 605 g/mol. The second-order valence-electron chi connectivity index (χ2n) is 11.9. The van der Waals surface area contributed by atoms with E-state index in [0.717, 1.165) is 24.2 Å². The van der Waals surface area contributed by atoms with Crippen LogP contribution in [0.4, 0.5) is 0 Å². The number of hydrogen-bond acceptors (Lipinski definition) is 10. The second kappa shape index (κ2) is 11.4. The lowest BCUT2D eigenvalue weighted by Gasteiger charge is -2.50. The number of benzene rings is 2. The third-order valence-corrected chi connectivity index (χ3v) is 9.46. The van der Waals surface area contributed by atoms with Gasteiger partial charge in [0.05, 0.1) is 18.7 Å². The Kier molecular flexibility index (Phi) is 8.08. The van der Waals surface area contributed by atoms with Crippen molar-refractivity contribution in [3.05, 3.63) is 63.9 Å². The van der Waals surface area contributed by atoms with Gasteiger partial charge in [-0.3, -0.25) is 24.2 Å². The van der Waals surface area contributed by atoms with Gasteiger partial charge in [0.15, 0.2) is 11.4 Å². The first-order valence-corrected chi connectivity index (χ1v) is 14.7. The lowest BCUT2D eigenvalue weighted by molar-refractivity contribution is -0.153. The Morgan fingerprint density at radius 1 is 1.07 bits per heavy atom. The molecule has 3 aliphatic carbocycles. The predicted octanol–water partition coefficient (Wildman–Crippen LogP) is 2.48. The van der Waals surface area contributed by atoms with Crippen molar-refractivity contribution in [3.8, 4) is 22.6 Å². The molecule has 1 fully saturated rings. The number of ketones is 2. The minimum atomic E-state index is -2.68. The number of phenols is 1. The Bertz CT molecular complexity index is 1620. The molecule has 0 heterocycles. The minimum absolute atomic E-state index is 0.0139. The van der Waals surface area contributed by atoms with Gasteiger partial charge in [0.25, 0.3) is 5.91 Å². The van der Waals surface area contributed by atoms with Crippen molar-refractivity contribution in [2.24, 2.45) is 17.6 Å². The van der Waals surface area contributed by atoms with Gasteiger partial charge in [-0.1, -0.05) is 26.0 Å². The van der Waals surface area contributed by atoms with Crippen molar-refractivity contribution in [1.82, 2.24) is 9.80 Å². The maximum atomic E-state index is 14.1. The number of nitrogens with zero attached hydrogens (tertiary/aromatic N) is 2. The molecule has 0 aliphatic heterocycles. The molecular weight excluding hydrogens is 566 g/mol. The number of methoxy groups -OCH3 is 1. The summed E-state index contributed by atoms with van der Waals surface area (Å²) in [5.41, 5.74) is 4.79. The normalized spacial score (nSPS) is 24.9. The molecule has 1 saturated carbocycles. The molecule has 3 aliphatic rings. The average Bonchev–Trinajstić information content (AvgIpc) is 2.97. The molecule has 234 valence electrons. The fourth-order valence-electron chi connectivity index (χ4n) is 7.27. The van der Waals surface area contributed by atoms with Crippen molar-refractivity contribution in [2.75, 3.05) is 34.3 Å². The standard InChI is InChI=1S/C33H39N3O8/c1-6-36(7-2)15-16-8-11-23(44-5)19(12-16)18-9-10-22(37)25-20(18)13-17-14-21-27(35(3)4)29(39)26(32(34)42)31(41)33(21,43)30(40)24(17)28(25)38/h8-12,17,21,27,37-38,41,43H,6-7,13-15H2,1-5H3,(H2,34,42)/t17-,21-,27?,33-/m1/s1. The second-order valence-corrected chi connectivity index (χ2v) is 11.9. The van der Waals surface area contributed by atoms with E-state index in [9.17, 15) is 34.8 Å². The number of amides is 1. The van der Waals surface area contributed by atoms with Gasteiger partial charge in [-0.2, -0.15) is 0 Å². The fraction of sp³-hybridized carbons (Fsp3) is 0.424. The van der Waals surface area contributed by atoms with Crippen molar-refractivity contribution in [2.45, 2.75) is 44.9 Å². The van der Waals surface area contributed by atoms with Crippen LogP contribution in [0, 0.1) is 11.8 Å². The van der Waals surface area contributed by atoms with Gasteiger partial charge in [-0.25, -0.2) is 0 Å². The number of aromatic hydroxyl groups is 1. The van der Waals surface area contributed by atoms with E-state index >= 15 is 0 Å². The molecule has 0 saturated heterocycles. The van der Waals surface area contributed by atoms with Gasteiger partial charge in [-0.15, -0.1) is 0 Å². The third-order valence-electron chi connectivity index (χ3n) is 9.46. The highest BCUT2D eigenvalue weighted by Crippen LogP contribution is 2.54. The first-order chi connectivity index (χ1) is 20.8. The molecule has 0 radical (unpaired) electrons. The van der Waals surface area contributed by atoms with Gasteiger partial charge in [0.1, 0.15) is 28.6 Å². The van der Waals surface area contributed by atoms with Crippen LogP contribution in [0.25, 0.3) is 16.9 Å². The van der Waals surface area contributed by atoms with E-state index < -0.39 is 58.0 Å². The number of aliphatic hydroxyl groups is 3. The molecule has 11 nitrogen and oxygen atoms in total. The zero-order valence-corrected chi connectivity index (χ0v) is 25.5. The van der Waals surface area contributed by atoms with Crippen molar-refractivity contribution >= 4 is 23.2 Å². The van der Waals surface area contributed by atoms with Crippen molar-refractivity contribution in [1.29, 1.82) is 0 Å². The number of likely N-dealkylation sites (N-methyl/N-ethyl adjacent to an activating group) is 1. The summed E-state index contributed by atoms with van der Waals surface area (Å²) < 4.78 is 5.71. The Labute approximate surface area is 255 Å². The van der Waals surface area contributed by atoms with Gasteiger partial charge in [-0.05, 0) is 80.8 Å².